The summed E-state index contributed by atoms with van der Waals surface area (Å²) < 4.78 is 5.67. The number of rotatable bonds is 2. The van der Waals surface area contributed by atoms with E-state index in [1.165, 1.54) is 0 Å². The van der Waals surface area contributed by atoms with E-state index in [2.05, 4.69) is 0 Å². The van der Waals surface area contributed by atoms with E-state index in [9.17, 15) is 0 Å². The highest BCUT2D eigenvalue weighted by Crippen LogP contribution is 2.44. The molecule has 4 aromatic carbocycles. The summed E-state index contributed by atoms with van der Waals surface area (Å²) in [5.74, 6) is 0.799. The zero-order valence-electron chi connectivity index (χ0n) is 13.4. The van der Waals surface area contributed by atoms with Gasteiger partial charge < -0.3 is 4.74 Å². The highest BCUT2D eigenvalue weighted by molar-refractivity contribution is 7.80. The first kappa shape index (κ1) is 16.6. The molecule has 0 spiro atoms. The van der Waals surface area contributed by atoms with Gasteiger partial charge in [-0.1, -0.05) is 47.5 Å². The van der Waals surface area contributed by atoms with Crippen LogP contribution in [0.15, 0.2) is 65.6 Å². The molecule has 4 heteroatoms. The van der Waals surface area contributed by atoms with E-state index in [0.29, 0.717) is 10.0 Å². The lowest BCUT2D eigenvalue weighted by Gasteiger charge is -2.17. The van der Waals surface area contributed by atoms with E-state index in [0.717, 1.165) is 43.3 Å². The number of hydrogen-bond acceptors (Lipinski definition) is 2. The van der Waals surface area contributed by atoms with Crippen molar-refractivity contribution in [2.75, 3.05) is 7.11 Å². The Hall–Kier alpha value is -1.87. The molecule has 0 amide bonds. The Balaban J connectivity index is 2.18. The summed E-state index contributed by atoms with van der Waals surface area (Å²) >= 11 is 17.1. The van der Waals surface area contributed by atoms with Crippen LogP contribution in [-0.2, 0) is 0 Å². The van der Waals surface area contributed by atoms with Gasteiger partial charge in [-0.25, -0.2) is 0 Å². The maximum Gasteiger partial charge on any atom is 0.127 e. The van der Waals surface area contributed by atoms with Crippen molar-refractivity contribution in [1.29, 1.82) is 0 Å². The molecule has 4 aromatic rings. The van der Waals surface area contributed by atoms with Gasteiger partial charge in [-0.15, -0.1) is 12.6 Å². The van der Waals surface area contributed by atoms with E-state index in [1.54, 1.807) is 7.11 Å². The first-order valence-electron chi connectivity index (χ1n) is 7.76. The minimum atomic E-state index is 0.708. The Labute approximate surface area is 161 Å². The molecule has 0 aliphatic heterocycles. The third-order valence-electron chi connectivity index (χ3n) is 4.37. The molecule has 25 heavy (non-hydrogen) atoms. The van der Waals surface area contributed by atoms with E-state index in [1.807, 2.05) is 60.7 Å². The topological polar surface area (TPSA) is 9.23 Å². The van der Waals surface area contributed by atoms with Crippen LogP contribution in [-0.4, -0.2) is 7.11 Å². The fraction of sp³-hybridized carbons (Fsp3) is 0.0476. The van der Waals surface area contributed by atoms with Crippen LogP contribution < -0.4 is 4.74 Å². The number of ether oxygens (including phenoxy) is 1. The standard InChI is InChI=1S/C21H14Cl2OS/c1-24-18-8-2-12-10-14(22)4-6-16(12)20(18)21-17-7-5-15(23)11-13(17)3-9-19(21)25/h2-11,25H,1H3. The summed E-state index contributed by atoms with van der Waals surface area (Å²) in [7, 11) is 1.68. The monoisotopic (exact) mass is 384 g/mol. The second kappa shape index (κ2) is 6.45. The van der Waals surface area contributed by atoms with E-state index < -0.39 is 0 Å². The molecule has 0 radical (unpaired) electrons. The maximum atomic E-state index is 6.17. The molecule has 0 N–H and O–H groups in total. The largest absolute Gasteiger partial charge is 0.496 e. The summed E-state index contributed by atoms with van der Waals surface area (Å²) in [6.45, 7) is 0. The van der Waals surface area contributed by atoms with E-state index in [-0.39, 0.29) is 0 Å². The molecule has 0 aromatic heterocycles. The SMILES string of the molecule is COc1ccc2cc(Cl)ccc2c1-c1c(S)ccc2cc(Cl)ccc12. The molecule has 0 heterocycles. The van der Waals surface area contributed by atoms with E-state index in [4.69, 9.17) is 40.6 Å². The smallest absolute Gasteiger partial charge is 0.127 e. The van der Waals surface area contributed by atoms with Gasteiger partial charge in [-0.3, -0.25) is 0 Å². The number of benzene rings is 4. The van der Waals surface area contributed by atoms with Crippen molar-refractivity contribution in [2.45, 2.75) is 4.90 Å². The second-order valence-corrected chi connectivity index (χ2v) is 7.19. The molecule has 0 unspecified atom stereocenters. The van der Waals surface area contributed by atoms with Crippen LogP contribution in [0.25, 0.3) is 32.7 Å². The predicted molar refractivity (Wildman–Crippen MR) is 111 cm³/mol. The number of methoxy groups -OCH3 is 1. The molecule has 4 rings (SSSR count). The zero-order valence-corrected chi connectivity index (χ0v) is 15.8. The van der Waals surface area contributed by atoms with Crippen LogP contribution in [0.5, 0.6) is 5.75 Å². The normalized spacial score (nSPS) is 11.2. The number of hydrogen-bond donors (Lipinski definition) is 1. The van der Waals surface area contributed by atoms with Crippen LogP contribution in [0.1, 0.15) is 0 Å². The first-order valence-corrected chi connectivity index (χ1v) is 8.96. The van der Waals surface area contributed by atoms with Gasteiger partial charge in [0.25, 0.3) is 0 Å². The zero-order chi connectivity index (χ0) is 17.6. The molecule has 0 bridgehead atoms. The second-order valence-electron chi connectivity index (χ2n) is 5.83. The van der Waals surface area contributed by atoms with Gasteiger partial charge in [0.2, 0.25) is 0 Å². The van der Waals surface area contributed by atoms with Crippen LogP contribution >= 0.6 is 35.8 Å². The molecule has 0 aliphatic rings. The third kappa shape index (κ3) is 2.85. The van der Waals surface area contributed by atoms with Crippen LogP contribution in [0.4, 0.5) is 0 Å². The minimum absolute atomic E-state index is 0.708. The number of halogens is 2. The van der Waals surface area contributed by atoms with Gasteiger partial charge in [0, 0.05) is 26.1 Å². The van der Waals surface area contributed by atoms with Gasteiger partial charge in [0.1, 0.15) is 5.75 Å². The molecule has 124 valence electrons. The average Bonchev–Trinajstić information content (AvgIpc) is 2.61. The summed E-state index contributed by atoms with van der Waals surface area (Å²) in [5.41, 5.74) is 2.04. The molecule has 0 aliphatic carbocycles. The fourth-order valence-electron chi connectivity index (χ4n) is 3.26. The van der Waals surface area contributed by atoms with Crippen LogP contribution in [0.2, 0.25) is 10.0 Å². The molecule has 0 atom stereocenters. The van der Waals surface area contributed by atoms with E-state index >= 15 is 0 Å². The van der Waals surface area contributed by atoms with Crippen molar-refractivity contribution in [2.24, 2.45) is 0 Å². The summed E-state index contributed by atoms with van der Waals surface area (Å²) in [4.78, 5) is 0.885. The average molecular weight is 385 g/mol. The van der Waals surface area contributed by atoms with Crippen molar-refractivity contribution >= 4 is 57.4 Å². The lowest BCUT2D eigenvalue weighted by atomic mass is 9.93. The Morgan fingerprint density at radius 1 is 0.720 bits per heavy atom. The molecule has 0 saturated carbocycles. The summed E-state index contributed by atoms with van der Waals surface area (Å²) in [5, 5.41) is 5.69. The Morgan fingerprint density at radius 2 is 1.28 bits per heavy atom. The van der Waals surface area contributed by atoms with Gasteiger partial charge >= 0.3 is 0 Å². The first-order chi connectivity index (χ1) is 12.1. The van der Waals surface area contributed by atoms with Crippen molar-refractivity contribution < 1.29 is 4.74 Å². The van der Waals surface area contributed by atoms with Crippen molar-refractivity contribution in [3.8, 4) is 16.9 Å². The highest BCUT2D eigenvalue weighted by Gasteiger charge is 2.16. The quantitative estimate of drug-likeness (QED) is 0.357. The Morgan fingerprint density at radius 3 is 1.88 bits per heavy atom. The van der Waals surface area contributed by atoms with Gasteiger partial charge in [-0.2, -0.15) is 0 Å². The summed E-state index contributed by atoms with van der Waals surface area (Å²) in [6.07, 6.45) is 0. The number of thiol groups is 1. The minimum Gasteiger partial charge on any atom is -0.496 e. The lowest BCUT2D eigenvalue weighted by Crippen LogP contribution is -1.92. The molecular weight excluding hydrogens is 371 g/mol. The van der Waals surface area contributed by atoms with Crippen molar-refractivity contribution in [3.05, 3.63) is 70.7 Å². The third-order valence-corrected chi connectivity index (χ3v) is 5.22. The van der Waals surface area contributed by atoms with Crippen LogP contribution in [0.3, 0.4) is 0 Å². The Kier molecular flexibility index (Phi) is 4.28. The fourth-order valence-corrected chi connectivity index (χ4v) is 3.93. The molecule has 0 fully saturated rings. The van der Waals surface area contributed by atoms with Crippen molar-refractivity contribution in [3.63, 3.8) is 0 Å². The maximum absolute atomic E-state index is 6.17. The highest BCUT2D eigenvalue weighted by atomic mass is 35.5. The predicted octanol–water partition coefficient (Wildman–Crippen LogP) is 7.26. The summed E-state index contributed by atoms with van der Waals surface area (Å²) in [6, 6.07) is 19.8. The number of fused-ring (bicyclic) bond motifs is 2. The van der Waals surface area contributed by atoms with Gasteiger partial charge in [-0.05, 0) is 57.9 Å². The molecule has 0 saturated heterocycles. The Bertz CT molecular complexity index is 1120. The molecular formula is C21H14Cl2OS. The van der Waals surface area contributed by atoms with Gasteiger partial charge in [0.05, 0.1) is 7.11 Å². The van der Waals surface area contributed by atoms with Crippen molar-refractivity contribution in [1.82, 2.24) is 0 Å². The van der Waals surface area contributed by atoms with Gasteiger partial charge in [0.15, 0.2) is 0 Å². The lowest BCUT2D eigenvalue weighted by molar-refractivity contribution is 0.417. The molecule has 1 nitrogen and oxygen atoms in total. The van der Waals surface area contributed by atoms with Crippen LogP contribution in [0, 0.1) is 0 Å².